The van der Waals surface area contributed by atoms with E-state index >= 15 is 0 Å². The number of fused-ring (bicyclic) bond motifs is 3. The zero-order chi connectivity index (χ0) is 20.6. The molecule has 146 valence electrons. The molecule has 0 amide bonds. The Labute approximate surface area is 183 Å². The largest absolute Gasteiger partial charge is 0.0622 e. The predicted molar refractivity (Wildman–Crippen MR) is 130 cm³/mol. The quantitative estimate of drug-likeness (QED) is 0.284. The van der Waals surface area contributed by atoms with E-state index in [2.05, 4.69) is 127 Å². The Balaban J connectivity index is 1.60. The lowest BCUT2D eigenvalue weighted by atomic mass is 9.83. The first-order chi connectivity index (χ1) is 15.4. The topological polar surface area (TPSA) is 0 Å². The van der Waals surface area contributed by atoms with E-state index in [0.29, 0.717) is 0 Å². The molecule has 6 rings (SSSR count). The van der Waals surface area contributed by atoms with Crippen LogP contribution in [0.15, 0.2) is 127 Å². The maximum absolute atomic E-state index is 2.31. The van der Waals surface area contributed by atoms with Crippen LogP contribution in [0, 0.1) is 0 Å². The summed E-state index contributed by atoms with van der Waals surface area (Å²) in [6, 6.07) is 46.1. The molecule has 31 heavy (non-hydrogen) atoms. The lowest BCUT2D eigenvalue weighted by Crippen LogP contribution is -2.02. The minimum atomic E-state index is 0.243. The molecule has 0 heteroatoms. The van der Waals surface area contributed by atoms with E-state index in [1.807, 2.05) is 0 Å². The van der Waals surface area contributed by atoms with Gasteiger partial charge in [-0.25, -0.2) is 0 Å². The Bertz CT molecular complexity index is 1330. The molecule has 5 aromatic carbocycles. The summed E-state index contributed by atoms with van der Waals surface area (Å²) < 4.78 is 0. The fraction of sp³-hybridized carbons (Fsp3) is 0.0323. The van der Waals surface area contributed by atoms with E-state index in [9.17, 15) is 0 Å². The zero-order valence-electron chi connectivity index (χ0n) is 17.2. The van der Waals surface area contributed by atoms with Crippen LogP contribution < -0.4 is 0 Å². The van der Waals surface area contributed by atoms with Crippen molar-refractivity contribution in [1.82, 2.24) is 0 Å². The molecule has 0 N–H and O–H groups in total. The van der Waals surface area contributed by atoms with Crippen LogP contribution >= 0.6 is 0 Å². The van der Waals surface area contributed by atoms with Gasteiger partial charge in [0.1, 0.15) is 0 Å². The summed E-state index contributed by atoms with van der Waals surface area (Å²) in [5.74, 6) is 0.243. The lowest BCUT2D eigenvalue weighted by Gasteiger charge is -2.20. The van der Waals surface area contributed by atoms with E-state index < -0.39 is 0 Å². The Morgan fingerprint density at radius 3 is 1.16 bits per heavy atom. The van der Waals surface area contributed by atoms with Crippen LogP contribution in [-0.4, -0.2) is 0 Å². The maximum Gasteiger partial charge on any atom is 0.0358 e. The first kappa shape index (κ1) is 17.9. The summed E-state index contributed by atoms with van der Waals surface area (Å²) in [5.41, 5.74) is 12.0. The van der Waals surface area contributed by atoms with Crippen molar-refractivity contribution >= 4 is 0 Å². The Kier molecular flexibility index (Phi) is 4.28. The average Bonchev–Trinajstić information content (AvgIpc) is 3.19. The molecule has 0 unspecified atom stereocenters. The van der Waals surface area contributed by atoms with Crippen LogP contribution in [0.1, 0.15) is 22.6 Å². The highest BCUT2D eigenvalue weighted by Gasteiger charge is 2.31. The molecule has 0 saturated carbocycles. The average molecular weight is 395 g/mol. The highest BCUT2D eigenvalue weighted by molar-refractivity contribution is 5.88. The fourth-order valence-electron chi connectivity index (χ4n) is 5.07. The summed E-state index contributed by atoms with van der Waals surface area (Å²) >= 11 is 0. The monoisotopic (exact) mass is 394 g/mol. The van der Waals surface area contributed by atoms with E-state index in [0.717, 1.165) is 0 Å². The van der Waals surface area contributed by atoms with Crippen LogP contribution in [-0.2, 0) is 0 Å². The third-order valence-corrected chi connectivity index (χ3v) is 6.41. The van der Waals surface area contributed by atoms with Gasteiger partial charge in [-0.3, -0.25) is 0 Å². The summed E-state index contributed by atoms with van der Waals surface area (Å²) in [4.78, 5) is 0. The number of hydrogen-bond donors (Lipinski definition) is 0. The maximum atomic E-state index is 2.31. The predicted octanol–water partition coefficient (Wildman–Crippen LogP) is 8.18. The van der Waals surface area contributed by atoms with Crippen molar-refractivity contribution in [1.29, 1.82) is 0 Å². The normalized spacial score (nSPS) is 12.4. The van der Waals surface area contributed by atoms with Gasteiger partial charge in [-0.05, 0) is 50.1 Å². The first-order valence-electron chi connectivity index (χ1n) is 10.8. The smallest absolute Gasteiger partial charge is 0.0358 e. The minimum Gasteiger partial charge on any atom is -0.0622 e. The Morgan fingerprint density at radius 1 is 0.290 bits per heavy atom. The third kappa shape index (κ3) is 2.92. The summed E-state index contributed by atoms with van der Waals surface area (Å²) in [7, 11) is 0. The SMILES string of the molecule is c1ccc(-c2ccccc2-c2ccccc2C2c3ccccc3-c3ccccc32)cc1. The Morgan fingerprint density at radius 2 is 0.645 bits per heavy atom. The van der Waals surface area contributed by atoms with Gasteiger partial charge in [-0.15, -0.1) is 0 Å². The first-order valence-corrected chi connectivity index (χ1v) is 10.8. The van der Waals surface area contributed by atoms with Gasteiger partial charge in [0.15, 0.2) is 0 Å². The van der Waals surface area contributed by atoms with Gasteiger partial charge in [0.25, 0.3) is 0 Å². The number of rotatable bonds is 3. The van der Waals surface area contributed by atoms with Crippen molar-refractivity contribution in [3.63, 3.8) is 0 Å². The van der Waals surface area contributed by atoms with E-state index in [1.165, 1.54) is 50.1 Å². The van der Waals surface area contributed by atoms with Gasteiger partial charge >= 0.3 is 0 Å². The molecule has 0 heterocycles. The fourth-order valence-corrected chi connectivity index (χ4v) is 5.07. The molecular formula is C31H22. The highest BCUT2D eigenvalue weighted by atomic mass is 14.3. The summed E-state index contributed by atoms with van der Waals surface area (Å²) in [5, 5.41) is 0. The van der Waals surface area contributed by atoms with Gasteiger partial charge in [-0.1, -0.05) is 127 Å². The van der Waals surface area contributed by atoms with Gasteiger partial charge in [0.2, 0.25) is 0 Å². The van der Waals surface area contributed by atoms with E-state index in [1.54, 1.807) is 0 Å². The summed E-state index contributed by atoms with van der Waals surface area (Å²) in [6.07, 6.45) is 0. The van der Waals surface area contributed by atoms with E-state index in [-0.39, 0.29) is 5.92 Å². The van der Waals surface area contributed by atoms with Crippen molar-refractivity contribution in [2.75, 3.05) is 0 Å². The minimum absolute atomic E-state index is 0.243. The molecule has 0 aromatic heterocycles. The van der Waals surface area contributed by atoms with Crippen LogP contribution in [0.5, 0.6) is 0 Å². The second-order valence-electron chi connectivity index (χ2n) is 8.11. The highest BCUT2D eigenvalue weighted by Crippen LogP contribution is 2.50. The zero-order valence-corrected chi connectivity index (χ0v) is 17.2. The van der Waals surface area contributed by atoms with Crippen LogP contribution in [0.3, 0.4) is 0 Å². The number of benzene rings is 5. The molecular weight excluding hydrogens is 372 g/mol. The molecule has 0 bridgehead atoms. The van der Waals surface area contributed by atoms with Crippen molar-refractivity contribution < 1.29 is 0 Å². The molecule has 1 aliphatic carbocycles. The molecule has 0 saturated heterocycles. The lowest BCUT2D eigenvalue weighted by molar-refractivity contribution is 1.02. The molecule has 0 spiro atoms. The summed E-state index contributed by atoms with van der Waals surface area (Å²) in [6.45, 7) is 0. The molecule has 0 nitrogen and oxygen atoms in total. The van der Waals surface area contributed by atoms with Crippen molar-refractivity contribution in [3.8, 4) is 33.4 Å². The molecule has 0 radical (unpaired) electrons. The van der Waals surface area contributed by atoms with E-state index in [4.69, 9.17) is 0 Å². The van der Waals surface area contributed by atoms with Gasteiger partial charge in [0.05, 0.1) is 0 Å². The van der Waals surface area contributed by atoms with Crippen LogP contribution in [0.25, 0.3) is 33.4 Å². The second kappa shape index (κ2) is 7.41. The molecule has 0 fully saturated rings. The van der Waals surface area contributed by atoms with Crippen LogP contribution in [0.4, 0.5) is 0 Å². The van der Waals surface area contributed by atoms with Crippen LogP contribution in [0.2, 0.25) is 0 Å². The molecule has 5 aromatic rings. The van der Waals surface area contributed by atoms with Gasteiger partial charge in [0, 0.05) is 5.92 Å². The van der Waals surface area contributed by atoms with Crippen molar-refractivity contribution in [3.05, 3.63) is 144 Å². The molecule has 0 atom stereocenters. The second-order valence-corrected chi connectivity index (χ2v) is 8.11. The van der Waals surface area contributed by atoms with Crippen molar-refractivity contribution in [2.45, 2.75) is 5.92 Å². The molecule has 1 aliphatic rings. The standard InChI is InChI=1S/C31H22/c1-2-12-22(13-3-1)23-14-4-5-15-24(23)25-16-6-9-19-28(25)31-29-20-10-7-17-26(29)27-18-8-11-21-30(27)31/h1-21,31H. The third-order valence-electron chi connectivity index (χ3n) is 6.41. The van der Waals surface area contributed by atoms with Crippen molar-refractivity contribution in [2.24, 2.45) is 0 Å². The molecule has 0 aliphatic heterocycles. The number of hydrogen-bond acceptors (Lipinski definition) is 0. The van der Waals surface area contributed by atoms with Gasteiger partial charge < -0.3 is 0 Å². The van der Waals surface area contributed by atoms with Gasteiger partial charge in [-0.2, -0.15) is 0 Å². The Hall–Kier alpha value is -3.90.